The Hall–Kier alpha value is -0.0800. The van der Waals surface area contributed by atoms with Crippen molar-refractivity contribution in [2.75, 3.05) is 0 Å². The maximum absolute atomic E-state index is 5.69. The van der Waals surface area contributed by atoms with Crippen LogP contribution in [0.2, 0.25) is 0 Å². The smallest absolute Gasteiger partial charge is 0.0876 e. The molecule has 3 aliphatic carbocycles. The van der Waals surface area contributed by atoms with Crippen molar-refractivity contribution in [2.24, 2.45) is 23.7 Å². The van der Waals surface area contributed by atoms with Crippen LogP contribution in [0.1, 0.15) is 12.8 Å². The van der Waals surface area contributed by atoms with Gasteiger partial charge in [0.1, 0.15) is 0 Å². The summed E-state index contributed by atoms with van der Waals surface area (Å²) >= 11 is 0. The molecule has 2 nitrogen and oxygen atoms in total. The van der Waals surface area contributed by atoms with Crippen molar-refractivity contribution in [3.8, 4) is 0 Å². The van der Waals surface area contributed by atoms with Crippen LogP contribution in [0.3, 0.4) is 0 Å². The summed E-state index contributed by atoms with van der Waals surface area (Å²) in [6.45, 7) is 0. The molecular formula is C10H12O2. The molecule has 0 N–H and O–H groups in total. The van der Waals surface area contributed by atoms with Gasteiger partial charge < -0.3 is 9.47 Å². The summed E-state index contributed by atoms with van der Waals surface area (Å²) in [4.78, 5) is 0. The second-order valence-corrected chi connectivity index (χ2v) is 5.24. The average molecular weight is 164 g/mol. The Bertz CT molecular complexity index is 273. The first-order chi connectivity index (χ1) is 5.93. The van der Waals surface area contributed by atoms with Gasteiger partial charge in [0.15, 0.2) is 0 Å². The molecule has 5 aliphatic rings. The van der Waals surface area contributed by atoms with Crippen LogP contribution in [0, 0.1) is 23.7 Å². The summed E-state index contributed by atoms with van der Waals surface area (Å²) in [5.74, 6) is 3.77. The molecule has 8 atom stereocenters. The van der Waals surface area contributed by atoms with E-state index in [-0.39, 0.29) is 0 Å². The highest BCUT2D eigenvalue weighted by atomic mass is 16.6. The Kier molecular flexibility index (Phi) is 0.644. The Morgan fingerprint density at radius 1 is 0.750 bits per heavy atom. The average Bonchev–Trinajstić information content (AvgIpc) is 2.92. The summed E-state index contributed by atoms with van der Waals surface area (Å²) in [7, 11) is 0. The van der Waals surface area contributed by atoms with Gasteiger partial charge in [0.05, 0.1) is 24.4 Å². The van der Waals surface area contributed by atoms with E-state index in [1.807, 2.05) is 0 Å². The van der Waals surface area contributed by atoms with Crippen molar-refractivity contribution in [2.45, 2.75) is 37.3 Å². The molecule has 0 aromatic carbocycles. The van der Waals surface area contributed by atoms with Gasteiger partial charge >= 0.3 is 0 Å². The first-order valence-electron chi connectivity index (χ1n) is 5.24. The second kappa shape index (κ2) is 1.38. The lowest BCUT2D eigenvalue weighted by Crippen LogP contribution is -2.27. The van der Waals surface area contributed by atoms with Crippen molar-refractivity contribution in [3.63, 3.8) is 0 Å². The lowest BCUT2D eigenvalue weighted by Gasteiger charge is -2.22. The van der Waals surface area contributed by atoms with Crippen LogP contribution in [0.4, 0.5) is 0 Å². The molecule has 5 rings (SSSR count). The molecule has 0 aromatic rings. The Labute approximate surface area is 71.2 Å². The molecule has 2 heteroatoms. The largest absolute Gasteiger partial charge is 0.369 e. The zero-order valence-electron chi connectivity index (χ0n) is 6.85. The molecule has 6 unspecified atom stereocenters. The van der Waals surface area contributed by atoms with Crippen LogP contribution in [-0.4, -0.2) is 24.4 Å². The number of epoxide rings is 2. The third kappa shape index (κ3) is 0.409. The van der Waals surface area contributed by atoms with E-state index in [1.54, 1.807) is 0 Å². The third-order valence-electron chi connectivity index (χ3n) is 4.99. The summed E-state index contributed by atoms with van der Waals surface area (Å²) in [6.07, 6.45) is 5.58. The van der Waals surface area contributed by atoms with E-state index in [9.17, 15) is 0 Å². The summed E-state index contributed by atoms with van der Waals surface area (Å²) in [6, 6.07) is 0. The van der Waals surface area contributed by atoms with Gasteiger partial charge in [-0.05, 0) is 36.5 Å². The number of fused-ring (bicyclic) bond motifs is 10. The van der Waals surface area contributed by atoms with Crippen molar-refractivity contribution >= 4 is 0 Å². The first kappa shape index (κ1) is 5.61. The van der Waals surface area contributed by atoms with E-state index in [0.29, 0.717) is 24.4 Å². The van der Waals surface area contributed by atoms with Crippen LogP contribution in [0.25, 0.3) is 0 Å². The van der Waals surface area contributed by atoms with Gasteiger partial charge in [-0.15, -0.1) is 0 Å². The molecule has 2 bridgehead atoms. The van der Waals surface area contributed by atoms with E-state index in [2.05, 4.69) is 0 Å². The van der Waals surface area contributed by atoms with Crippen molar-refractivity contribution in [1.82, 2.24) is 0 Å². The van der Waals surface area contributed by atoms with Crippen LogP contribution in [0.15, 0.2) is 0 Å². The molecule has 64 valence electrons. The fourth-order valence-electron chi connectivity index (χ4n) is 4.58. The lowest BCUT2D eigenvalue weighted by molar-refractivity contribution is 0.162. The highest BCUT2D eigenvalue weighted by molar-refractivity contribution is 5.21. The quantitative estimate of drug-likeness (QED) is 0.495. The summed E-state index contributed by atoms with van der Waals surface area (Å²) in [5, 5.41) is 0. The number of hydrogen-bond acceptors (Lipinski definition) is 2. The van der Waals surface area contributed by atoms with E-state index in [1.165, 1.54) is 12.8 Å². The highest BCUT2D eigenvalue weighted by Crippen LogP contribution is 2.69. The van der Waals surface area contributed by atoms with Crippen LogP contribution in [0.5, 0.6) is 0 Å². The zero-order valence-corrected chi connectivity index (χ0v) is 6.85. The van der Waals surface area contributed by atoms with Crippen molar-refractivity contribution in [3.05, 3.63) is 0 Å². The fraction of sp³-hybridized carbons (Fsp3) is 1.00. The normalized spacial score (nSPS) is 80.0. The summed E-state index contributed by atoms with van der Waals surface area (Å²) < 4.78 is 11.3. The molecule has 2 saturated heterocycles. The van der Waals surface area contributed by atoms with Gasteiger partial charge in [-0.25, -0.2) is 0 Å². The fourth-order valence-corrected chi connectivity index (χ4v) is 4.58. The maximum atomic E-state index is 5.69. The minimum atomic E-state index is 0.676. The van der Waals surface area contributed by atoms with Gasteiger partial charge in [-0.1, -0.05) is 0 Å². The molecular weight excluding hydrogens is 152 g/mol. The molecule has 0 spiro atoms. The SMILES string of the molecule is C1C2OC2C2C1[C@@H]1C[C@H]2C2OC21. The van der Waals surface area contributed by atoms with Crippen LogP contribution >= 0.6 is 0 Å². The number of rotatable bonds is 0. The van der Waals surface area contributed by atoms with Crippen molar-refractivity contribution in [1.29, 1.82) is 0 Å². The van der Waals surface area contributed by atoms with Gasteiger partial charge in [0, 0.05) is 0 Å². The monoisotopic (exact) mass is 164 g/mol. The summed E-state index contributed by atoms with van der Waals surface area (Å²) in [5.41, 5.74) is 0. The minimum absolute atomic E-state index is 0.676. The molecule has 2 aliphatic heterocycles. The molecule has 0 aromatic heterocycles. The molecule has 2 heterocycles. The third-order valence-corrected chi connectivity index (χ3v) is 4.99. The zero-order chi connectivity index (χ0) is 7.45. The van der Waals surface area contributed by atoms with Gasteiger partial charge in [0.25, 0.3) is 0 Å². The minimum Gasteiger partial charge on any atom is -0.369 e. The van der Waals surface area contributed by atoms with Gasteiger partial charge in [-0.2, -0.15) is 0 Å². The van der Waals surface area contributed by atoms with E-state index >= 15 is 0 Å². The van der Waals surface area contributed by atoms with Crippen molar-refractivity contribution < 1.29 is 9.47 Å². The molecule has 12 heavy (non-hydrogen) atoms. The van der Waals surface area contributed by atoms with E-state index in [4.69, 9.17) is 9.47 Å². The number of ether oxygens (including phenoxy) is 2. The molecule has 0 radical (unpaired) electrons. The second-order valence-electron chi connectivity index (χ2n) is 5.24. The predicted molar refractivity (Wildman–Crippen MR) is 40.5 cm³/mol. The van der Waals surface area contributed by atoms with E-state index in [0.717, 1.165) is 23.7 Å². The topological polar surface area (TPSA) is 25.1 Å². The molecule has 5 fully saturated rings. The highest BCUT2D eigenvalue weighted by Gasteiger charge is 2.74. The standard InChI is InChI=1S/C10H12O2/c1-4-3-2-6-10(11-6)7(3)5(1)9-8(4)12-9/h3-10H,1-2H2/t3?,4-,5+,6?,7?,8?,9?,10?/m0/s1. The van der Waals surface area contributed by atoms with Crippen LogP contribution in [-0.2, 0) is 9.47 Å². The van der Waals surface area contributed by atoms with Gasteiger partial charge in [-0.3, -0.25) is 0 Å². The van der Waals surface area contributed by atoms with Gasteiger partial charge in [0.2, 0.25) is 0 Å². The molecule has 3 saturated carbocycles. The Morgan fingerprint density at radius 2 is 1.67 bits per heavy atom. The first-order valence-corrected chi connectivity index (χ1v) is 5.24. The maximum Gasteiger partial charge on any atom is 0.0876 e. The predicted octanol–water partition coefficient (Wildman–Crippen LogP) is 0.807. The van der Waals surface area contributed by atoms with Crippen LogP contribution < -0.4 is 0 Å². The Balaban J connectivity index is 1.66. The Morgan fingerprint density at radius 3 is 2.67 bits per heavy atom. The number of hydrogen-bond donors (Lipinski definition) is 0. The lowest BCUT2D eigenvalue weighted by atomic mass is 9.81. The van der Waals surface area contributed by atoms with E-state index < -0.39 is 0 Å². The molecule has 0 amide bonds.